The predicted octanol–water partition coefficient (Wildman–Crippen LogP) is 3.00. The van der Waals surface area contributed by atoms with Gasteiger partial charge in [-0.1, -0.05) is 13.0 Å². The number of ether oxygens (including phenoxy) is 3. The third kappa shape index (κ3) is 2.48. The maximum Gasteiger partial charge on any atom is 0.283 e. The van der Waals surface area contributed by atoms with Gasteiger partial charge in [-0.25, -0.2) is 4.99 Å². The molecule has 4 heterocycles. The molecule has 1 aromatic carbocycles. The van der Waals surface area contributed by atoms with E-state index >= 15 is 0 Å². The monoisotopic (exact) mass is 410 g/mol. The number of fused-ring (bicyclic) bond motifs is 3. The van der Waals surface area contributed by atoms with Gasteiger partial charge in [0.05, 0.1) is 18.6 Å². The molecular formula is C23H26N2O5. The fraction of sp³-hybridized carbons (Fsp3) is 0.478. The Labute approximate surface area is 175 Å². The van der Waals surface area contributed by atoms with Gasteiger partial charge in [-0.2, -0.15) is 0 Å². The van der Waals surface area contributed by atoms with Crippen LogP contribution in [0.5, 0.6) is 5.75 Å². The predicted molar refractivity (Wildman–Crippen MR) is 110 cm³/mol. The molecule has 1 fully saturated rings. The van der Waals surface area contributed by atoms with Gasteiger partial charge in [0.2, 0.25) is 5.78 Å². The molecule has 0 radical (unpaired) electrons. The molecule has 0 bridgehead atoms. The number of nitrogens with two attached hydrogens (primary N) is 1. The minimum Gasteiger partial charge on any atom is -0.487 e. The lowest BCUT2D eigenvalue weighted by Crippen LogP contribution is -2.71. The number of ketones is 1. The number of nitrogens with zero attached hydrogens (tertiary/aromatic N) is 1. The van der Waals surface area contributed by atoms with Gasteiger partial charge < -0.3 is 24.4 Å². The summed E-state index contributed by atoms with van der Waals surface area (Å²) < 4.78 is 23.3. The van der Waals surface area contributed by atoms with Crippen molar-refractivity contribution >= 4 is 11.8 Å². The van der Waals surface area contributed by atoms with Gasteiger partial charge >= 0.3 is 0 Å². The largest absolute Gasteiger partial charge is 0.487 e. The molecule has 2 spiro atoms. The summed E-state index contributed by atoms with van der Waals surface area (Å²) in [6, 6.07) is 9.59. The first-order chi connectivity index (χ1) is 14.3. The van der Waals surface area contributed by atoms with Crippen LogP contribution in [-0.4, -0.2) is 37.2 Å². The van der Waals surface area contributed by atoms with Crippen molar-refractivity contribution in [1.82, 2.24) is 0 Å². The number of Topliss-reactive ketones (excluding diaryl/α,β-unsaturated/α-hetero) is 1. The zero-order valence-electron chi connectivity index (χ0n) is 17.5. The minimum atomic E-state index is -0.703. The van der Waals surface area contributed by atoms with Crippen molar-refractivity contribution in [3.63, 3.8) is 0 Å². The molecule has 3 aliphatic rings. The topological polar surface area (TPSA) is 96.3 Å². The van der Waals surface area contributed by atoms with E-state index in [4.69, 9.17) is 29.4 Å². The molecule has 1 atom stereocenters. The maximum absolute atomic E-state index is 12.8. The first-order valence-electron chi connectivity index (χ1n) is 10.3. The van der Waals surface area contributed by atoms with Gasteiger partial charge in [-0.05, 0) is 43.7 Å². The third-order valence-electron chi connectivity index (χ3n) is 6.88. The van der Waals surface area contributed by atoms with Crippen LogP contribution in [0, 0.1) is 5.41 Å². The van der Waals surface area contributed by atoms with Gasteiger partial charge in [0.1, 0.15) is 29.3 Å². The van der Waals surface area contributed by atoms with E-state index in [1.807, 2.05) is 31.2 Å². The summed E-state index contributed by atoms with van der Waals surface area (Å²) in [5.41, 5.74) is 6.12. The molecule has 1 saturated heterocycles. The van der Waals surface area contributed by atoms with E-state index in [1.165, 1.54) is 0 Å². The average Bonchev–Trinajstić information content (AvgIpc) is 3.28. The van der Waals surface area contributed by atoms with Crippen molar-refractivity contribution in [2.45, 2.75) is 44.8 Å². The molecule has 2 aromatic rings. The second kappa shape index (κ2) is 6.35. The van der Waals surface area contributed by atoms with Crippen molar-refractivity contribution in [1.29, 1.82) is 0 Å². The minimum absolute atomic E-state index is 0.0619. The summed E-state index contributed by atoms with van der Waals surface area (Å²) in [7, 11) is 0. The zero-order valence-corrected chi connectivity index (χ0v) is 17.5. The Bertz CT molecular complexity index is 1050. The van der Waals surface area contributed by atoms with Gasteiger partial charge in [-0.15, -0.1) is 0 Å². The van der Waals surface area contributed by atoms with Gasteiger partial charge in [-0.3, -0.25) is 4.79 Å². The number of hydrogen-bond acceptors (Lipinski definition) is 7. The van der Waals surface area contributed by atoms with Crippen molar-refractivity contribution in [3.05, 3.63) is 53.0 Å². The van der Waals surface area contributed by atoms with E-state index in [2.05, 4.69) is 13.8 Å². The summed E-state index contributed by atoms with van der Waals surface area (Å²) in [6.07, 6.45) is 0.984. The van der Waals surface area contributed by atoms with Crippen LogP contribution in [-0.2, 0) is 27.9 Å². The maximum atomic E-state index is 12.8. The number of aryl methyl sites for hydroxylation is 1. The number of carbonyl (C=O) groups is 1. The number of aliphatic imine (C=N–C) groups is 1. The molecule has 2 N–H and O–H groups in total. The summed E-state index contributed by atoms with van der Waals surface area (Å²) in [4.78, 5) is 17.6. The molecule has 0 aliphatic carbocycles. The fourth-order valence-corrected chi connectivity index (χ4v) is 4.92. The first kappa shape index (κ1) is 19.2. The van der Waals surface area contributed by atoms with Crippen molar-refractivity contribution in [2.75, 3.05) is 19.8 Å². The quantitative estimate of drug-likeness (QED) is 0.779. The Morgan fingerprint density at radius 3 is 2.57 bits per heavy atom. The number of hydrogen-bond donors (Lipinski definition) is 1. The smallest absolute Gasteiger partial charge is 0.283 e. The highest BCUT2D eigenvalue weighted by molar-refractivity contribution is 5.95. The Balaban J connectivity index is 1.55. The van der Waals surface area contributed by atoms with Gasteiger partial charge in [0.15, 0.2) is 5.76 Å². The number of amidine groups is 1. The summed E-state index contributed by atoms with van der Waals surface area (Å²) in [6.45, 7) is 7.46. The van der Waals surface area contributed by atoms with Crippen LogP contribution in [0.4, 0.5) is 0 Å². The van der Waals surface area contributed by atoms with E-state index in [9.17, 15) is 4.79 Å². The van der Waals surface area contributed by atoms with Crippen LogP contribution in [0.1, 0.15) is 48.2 Å². The van der Waals surface area contributed by atoms with Crippen LogP contribution in [0.2, 0.25) is 0 Å². The first-order valence-corrected chi connectivity index (χ1v) is 10.3. The Hall–Kier alpha value is -2.80. The Kier molecular flexibility index (Phi) is 4.06. The highest BCUT2D eigenvalue weighted by atomic mass is 16.5. The van der Waals surface area contributed by atoms with E-state index in [1.54, 1.807) is 6.07 Å². The third-order valence-corrected chi connectivity index (χ3v) is 6.88. The highest BCUT2D eigenvalue weighted by Gasteiger charge is 2.71. The molecule has 1 unspecified atom stereocenters. The second-order valence-corrected chi connectivity index (χ2v) is 8.84. The number of furan rings is 1. The van der Waals surface area contributed by atoms with E-state index in [-0.39, 0.29) is 18.2 Å². The van der Waals surface area contributed by atoms with Crippen LogP contribution in [0.15, 0.2) is 39.7 Å². The van der Waals surface area contributed by atoms with Crippen LogP contribution in [0.3, 0.4) is 0 Å². The standard InChI is InChI=1S/C23H26N2O5/c1-4-15-6-8-19(29-15)17(26)10-14-5-7-18-16(9-14)23(13-28-20(24)25-23)22(11-27-12-22)21(2,3)30-18/h5-9H,4,10-13H2,1-3H3,(H2,24,25). The average molecular weight is 410 g/mol. The Morgan fingerprint density at radius 2 is 1.97 bits per heavy atom. The van der Waals surface area contributed by atoms with Crippen molar-refractivity contribution < 1.29 is 23.4 Å². The van der Waals surface area contributed by atoms with Crippen LogP contribution in [0.25, 0.3) is 0 Å². The molecule has 3 aliphatic heterocycles. The highest BCUT2D eigenvalue weighted by Crippen LogP contribution is 2.62. The lowest BCUT2D eigenvalue weighted by Gasteiger charge is -2.61. The molecule has 0 saturated carbocycles. The van der Waals surface area contributed by atoms with Gasteiger partial charge in [0, 0.05) is 18.4 Å². The molecule has 30 heavy (non-hydrogen) atoms. The molecule has 1 aromatic heterocycles. The molecule has 0 amide bonds. The van der Waals surface area contributed by atoms with E-state index < -0.39 is 16.6 Å². The van der Waals surface area contributed by atoms with Crippen LogP contribution < -0.4 is 10.5 Å². The normalized spacial score (nSPS) is 25.2. The van der Waals surface area contributed by atoms with Crippen molar-refractivity contribution in [2.24, 2.45) is 16.1 Å². The molecule has 158 valence electrons. The van der Waals surface area contributed by atoms with E-state index in [0.29, 0.717) is 25.6 Å². The molecular weight excluding hydrogens is 384 g/mol. The van der Waals surface area contributed by atoms with Gasteiger partial charge in [0.25, 0.3) is 6.02 Å². The molecule has 5 rings (SSSR count). The van der Waals surface area contributed by atoms with Crippen LogP contribution >= 0.6 is 0 Å². The SMILES string of the molecule is CCc1ccc(C(=O)Cc2ccc3c(c2)C2(COC(N)=N2)C2(COC2)C(C)(C)O3)o1. The number of carbonyl (C=O) groups excluding carboxylic acids is 1. The summed E-state index contributed by atoms with van der Waals surface area (Å²) in [5, 5.41) is 0. The number of benzene rings is 1. The van der Waals surface area contributed by atoms with Crippen molar-refractivity contribution in [3.8, 4) is 5.75 Å². The number of rotatable bonds is 4. The lowest BCUT2D eigenvalue weighted by atomic mass is 9.55. The fourth-order valence-electron chi connectivity index (χ4n) is 4.92. The van der Waals surface area contributed by atoms with E-state index in [0.717, 1.165) is 29.1 Å². The summed E-state index contributed by atoms with van der Waals surface area (Å²) >= 11 is 0. The molecule has 7 heteroatoms. The molecule has 7 nitrogen and oxygen atoms in total. The second-order valence-electron chi connectivity index (χ2n) is 8.84. The summed E-state index contributed by atoms with van der Waals surface area (Å²) in [5.74, 6) is 1.86. The Morgan fingerprint density at radius 1 is 1.17 bits per heavy atom. The zero-order chi connectivity index (χ0) is 21.1. The lowest BCUT2D eigenvalue weighted by molar-refractivity contribution is -0.247.